The summed E-state index contributed by atoms with van der Waals surface area (Å²) in [4.78, 5) is 22.3. The van der Waals surface area contributed by atoms with E-state index in [2.05, 4.69) is 0 Å². The molecular formula is C12H8Cl2O4. The Balaban J connectivity index is 2.61. The van der Waals surface area contributed by atoms with Gasteiger partial charge in [0.05, 0.1) is 5.02 Å². The summed E-state index contributed by atoms with van der Waals surface area (Å²) < 4.78 is 9.93. The Bertz CT molecular complexity index is 676. The van der Waals surface area contributed by atoms with Gasteiger partial charge in [0.1, 0.15) is 11.5 Å². The highest BCUT2D eigenvalue weighted by Gasteiger charge is 2.11. The average molecular weight is 287 g/mol. The van der Waals surface area contributed by atoms with Crippen molar-refractivity contribution >= 4 is 40.1 Å². The van der Waals surface area contributed by atoms with Crippen molar-refractivity contribution in [3.63, 3.8) is 0 Å². The van der Waals surface area contributed by atoms with Gasteiger partial charge in [-0.15, -0.1) is 11.6 Å². The van der Waals surface area contributed by atoms with Crippen molar-refractivity contribution < 1.29 is 13.9 Å². The molecule has 0 radical (unpaired) electrons. The molecule has 0 aliphatic heterocycles. The molecule has 0 saturated carbocycles. The second-order valence-electron chi connectivity index (χ2n) is 3.63. The van der Waals surface area contributed by atoms with E-state index in [0.717, 1.165) is 5.56 Å². The number of carbonyl (C=O) groups excluding carboxylic acids is 1. The van der Waals surface area contributed by atoms with Gasteiger partial charge in [-0.05, 0) is 18.6 Å². The number of ether oxygens (including phenoxy) is 1. The molecule has 0 amide bonds. The predicted octanol–water partition coefficient (Wildman–Crippen LogP) is 2.90. The molecule has 0 saturated heterocycles. The average Bonchev–Trinajstić information content (AvgIpc) is 2.31. The number of rotatable bonds is 2. The highest BCUT2D eigenvalue weighted by Crippen LogP contribution is 2.31. The van der Waals surface area contributed by atoms with Crippen LogP contribution in [-0.4, -0.2) is 11.8 Å². The number of carbonyl (C=O) groups is 1. The molecular weight excluding hydrogens is 279 g/mol. The fourth-order valence-electron chi connectivity index (χ4n) is 1.55. The van der Waals surface area contributed by atoms with E-state index in [0.29, 0.717) is 11.0 Å². The van der Waals surface area contributed by atoms with Gasteiger partial charge >= 0.3 is 11.6 Å². The maximum absolute atomic E-state index is 11.3. The van der Waals surface area contributed by atoms with Gasteiger partial charge in [0.15, 0.2) is 5.75 Å². The molecule has 1 aromatic carbocycles. The van der Waals surface area contributed by atoms with Gasteiger partial charge in [0.2, 0.25) is 0 Å². The third-order valence-corrected chi connectivity index (χ3v) is 2.85. The topological polar surface area (TPSA) is 56.5 Å². The highest BCUT2D eigenvalue weighted by atomic mass is 35.5. The minimum atomic E-state index is -0.632. The smallest absolute Gasteiger partial charge is 0.336 e. The van der Waals surface area contributed by atoms with Crippen LogP contribution in [0.1, 0.15) is 5.56 Å². The number of fused-ring (bicyclic) bond motifs is 1. The third kappa shape index (κ3) is 2.49. The van der Waals surface area contributed by atoms with Crippen molar-refractivity contribution in [2.45, 2.75) is 6.92 Å². The van der Waals surface area contributed by atoms with Crippen LogP contribution in [-0.2, 0) is 4.79 Å². The fraction of sp³-hybridized carbons (Fsp3) is 0.167. The number of hydrogen-bond donors (Lipinski definition) is 0. The van der Waals surface area contributed by atoms with Crippen molar-refractivity contribution in [1.29, 1.82) is 0 Å². The molecule has 1 heterocycles. The van der Waals surface area contributed by atoms with Gasteiger partial charge in [-0.1, -0.05) is 11.6 Å². The van der Waals surface area contributed by atoms with Gasteiger partial charge in [-0.3, -0.25) is 4.79 Å². The molecule has 0 aliphatic carbocycles. The molecule has 0 bridgehead atoms. The maximum atomic E-state index is 11.3. The van der Waals surface area contributed by atoms with Crippen LogP contribution in [0, 0.1) is 6.92 Å². The summed E-state index contributed by atoms with van der Waals surface area (Å²) in [7, 11) is 0. The van der Waals surface area contributed by atoms with Crippen molar-refractivity contribution in [2.75, 3.05) is 5.88 Å². The summed E-state index contributed by atoms with van der Waals surface area (Å²) >= 11 is 11.3. The summed E-state index contributed by atoms with van der Waals surface area (Å²) in [6.07, 6.45) is 0. The Hall–Kier alpha value is -1.52. The first kappa shape index (κ1) is 12.9. The predicted molar refractivity (Wildman–Crippen MR) is 68.6 cm³/mol. The Morgan fingerprint density at radius 3 is 2.78 bits per heavy atom. The summed E-state index contributed by atoms with van der Waals surface area (Å²) in [6.45, 7) is 1.76. The maximum Gasteiger partial charge on any atom is 0.336 e. The Morgan fingerprint density at radius 2 is 2.11 bits per heavy atom. The molecule has 1 aromatic heterocycles. The van der Waals surface area contributed by atoms with E-state index >= 15 is 0 Å². The van der Waals surface area contributed by atoms with E-state index < -0.39 is 11.6 Å². The molecule has 0 unspecified atom stereocenters. The van der Waals surface area contributed by atoms with E-state index in [4.69, 9.17) is 32.4 Å². The second-order valence-corrected chi connectivity index (χ2v) is 4.31. The van der Waals surface area contributed by atoms with Crippen LogP contribution in [0.25, 0.3) is 11.0 Å². The molecule has 4 nitrogen and oxygen atoms in total. The quantitative estimate of drug-likeness (QED) is 0.369. The minimum Gasteiger partial charge on any atom is -0.424 e. The number of aryl methyl sites for hydroxylation is 1. The zero-order valence-electron chi connectivity index (χ0n) is 9.33. The Morgan fingerprint density at radius 1 is 1.39 bits per heavy atom. The fourth-order valence-corrected chi connectivity index (χ4v) is 1.80. The summed E-state index contributed by atoms with van der Waals surface area (Å²) in [5, 5.41) is 0.934. The molecule has 0 spiro atoms. The first-order valence-corrected chi connectivity index (χ1v) is 5.93. The lowest BCUT2D eigenvalue weighted by Crippen LogP contribution is -2.09. The number of hydrogen-bond acceptors (Lipinski definition) is 4. The summed E-state index contributed by atoms with van der Waals surface area (Å²) in [6, 6.07) is 4.34. The lowest BCUT2D eigenvalue weighted by atomic mass is 10.1. The molecule has 94 valence electrons. The normalized spacial score (nSPS) is 10.6. The first-order valence-electron chi connectivity index (χ1n) is 5.02. The van der Waals surface area contributed by atoms with Crippen LogP contribution in [0.4, 0.5) is 0 Å². The molecule has 0 fully saturated rings. The first-order chi connectivity index (χ1) is 8.51. The Labute approximate surface area is 112 Å². The van der Waals surface area contributed by atoms with Crippen LogP contribution in [0.15, 0.2) is 27.4 Å². The molecule has 18 heavy (non-hydrogen) atoms. The summed E-state index contributed by atoms with van der Waals surface area (Å²) in [5.41, 5.74) is 0.567. The van der Waals surface area contributed by atoms with Crippen LogP contribution in [0.2, 0.25) is 5.02 Å². The van der Waals surface area contributed by atoms with Crippen molar-refractivity contribution in [1.82, 2.24) is 0 Å². The number of esters is 1. The molecule has 6 heteroatoms. The van der Waals surface area contributed by atoms with Crippen LogP contribution in [0.3, 0.4) is 0 Å². The van der Waals surface area contributed by atoms with Crippen molar-refractivity contribution in [2.24, 2.45) is 0 Å². The second kappa shape index (κ2) is 5.00. The molecule has 0 N–H and O–H groups in total. The molecule has 0 aliphatic rings. The minimum absolute atomic E-state index is 0.114. The lowest BCUT2D eigenvalue weighted by Gasteiger charge is -2.07. The number of halogens is 2. The monoisotopic (exact) mass is 286 g/mol. The van der Waals surface area contributed by atoms with Gasteiger partial charge in [0.25, 0.3) is 0 Å². The SMILES string of the molecule is Cc1cc(=O)oc2cc(OC(=O)CCl)c(Cl)cc12. The van der Waals surface area contributed by atoms with E-state index in [9.17, 15) is 9.59 Å². The largest absolute Gasteiger partial charge is 0.424 e. The van der Waals surface area contributed by atoms with Gasteiger partial charge in [0, 0.05) is 17.5 Å². The van der Waals surface area contributed by atoms with Crippen molar-refractivity contribution in [3.05, 3.63) is 39.2 Å². The zero-order valence-corrected chi connectivity index (χ0v) is 10.8. The lowest BCUT2D eigenvalue weighted by molar-refractivity contribution is -0.131. The zero-order chi connectivity index (χ0) is 13.3. The van der Waals surface area contributed by atoms with Gasteiger partial charge < -0.3 is 9.15 Å². The molecule has 0 atom stereocenters. The van der Waals surface area contributed by atoms with E-state index in [1.54, 1.807) is 13.0 Å². The van der Waals surface area contributed by atoms with Crippen LogP contribution in [0.5, 0.6) is 5.75 Å². The standard InChI is InChI=1S/C12H8Cl2O4/c1-6-2-11(15)17-9-4-10(18-12(16)5-13)8(14)3-7(6)9/h2-4H,5H2,1H3. The van der Waals surface area contributed by atoms with Crippen LogP contribution < -0.4 is 10.4 Å². The van der Waals surface area contributed by atoms with E-state index in [1.165, 1.54) is 12.1 Å². The Kier molecular flexibility index (Phi) is 3.59. The number of alkyl halides is 1. The number of benzene rings is 1. The van der Waals surface area contributed by atoms with Gasteiger partial charge in [-0.2, -0.15) is 0 Å². The van der Waals surface area contributed by atoms with Crippen LogP contribution >= 0.6 is 23.2 Å². The third-order valence-electron chi connectivity index (χ3n) is 2.34. The molecule has 2 rings (SSSR count). The summed E-state index contributed by atoms with van der Waals surface area (Å²) in [5.74, 6) is -0.803. The molecule has 2 aromatic rings. The van der Waals surface area contributed by atoms with Crippen molar-refractivity contribution in [3.8, 4) is 5.75 Å². The van der Waals surface area contributed by atoms with Gasteiger partial charge in [-0.25, -0.2) is 4.79 Å². The van der Waals surface area contributed by atoms with E-state index in [-0.39, 0.29) is 16.7 Å². The highest BCUT2D eigenvalue weighted by molar-refractivity contribution is 6.33. The van der Waals surface area contributed by atoms with E-state index in [1.807, 2.05) is 0 Å².